The monoisotopic (exact) mass is 354 g/mol. The van der Waals surface area contributed by atoms with Gasteiger partial charge in [-0.2, -0.15) is 5.10 Å². The van der Waals surface area contributed by atoms with Gasteiger partial charge in [-0.1, -0.05) is 19.3 Å². The highest BCUT2D eigenvalue weighted by atomic mass is 16.5. The molecule has 1 aromatic heterocycles. The lowest BCUT2D eigenvalue weighted by Crippen LogP contribution is -2.10. The van der Waals surface area contributed by atoms with Gasteiger partial charge in [-0.3, -0.25) is 0 Å². The summed E-state index contributed by atoms with van der Waals surface area (Å²) in [5.74, 6) is 0.388. The van der Waals surface area contributed by atoms with Gasteiger partial charge in [0.15, 0.2) is 0 Å². The Hall–Kier alpha value is -2.56. The molecule has 26 heavy (non-hydrogen) atoms. The first kappa shape index (κ1) is 18.2. The highest BCUT2D eigenvalue weighted by Crippen LogP contribution is 2.34. The molecule has 0 saturated heterocycles. The number of esters is 1. The largest absolute Gasteiger partial charge is 0.508 e. The Balaban J connectivity index is 1.98. The van der Waals surface area contributed by atoms with E-state index in [4.69, 9.17) is 9.84 Å². The Morgan fingerprint density at radius 3 is 2.62 bits per heavy atom. The fourth-order valence-corrected chi connectivity index (χ4v) is 3.50. The third kappa shape index (κ3) is 4.15. The van der Waals surface area contributed by atoms with Crippen LogP contribution in [0.2, 0.25) is 0 Å². The van der Waals surface area contributed by atoms with Crippen molar-refractivity contribution in [2.24, 2.45) is 0 Å². The number of phenolic OH excluding ortho intramolecular Hbond substituents is 1. The number of aromatic nitrogens is 2. The molecule has 0 bridgehead atoms. The molecule has 5 nitrogen and oxygen atoms in total. The summed E-state index contributed by atoms with van der Waals surface area (Å²) < 4.78 is 7.00. The Kier molecular flexibility index (Phi) is 5.76. The van der Waals surface area contributed by atoms with Crippen molar-refractivity contribution >= 4 is 12.0 Å². The van der Waals surface area contributed by atoms with Crippen molar-refractivity contribution in [3.05, 3.63) is 47.3 Å². The molecule has 0 spiro atoms. The van der Waals surface area contributed by atoms with Crippen LogP contribution >= 0.6 is 0 Å². The Morgan fingerprint density at radius 1 is 1.27 bits per heavy atom. The molecule has 3 rings (SSSR count). The van der Waals surface area contributed by atoms with E-state index in [1.165, 1.54) is 25.0 Å². The van der Waals surface area contributed by atoms with Crippen LogP contribution < -0.4 is 0 Å². The van der Waals surface area contributed by atoms with Crippen LogP contribution in [0.1, 0.15) is 63.3 Å². The van der Waals surface area contributed by atoms with E-state index in [1.54, 1.807) is 32.1 Å². The lowest BCUT2D eigenvalue weighted by molar-refractivity contribution is -0.138. The van der Waals surface area contributed by atoms with Gasteiger partial charge < -0.3 is 9.84 Å². The van der Waals surface area contributed by atoms with Gasteiger partial charge in [-0.25, -0.2) is 9.48 Å². The summed E-state index contributed by atoms with van der Waals surface area (Å²) in [5.41, 5.74) is 3.37. The first-order valence-corrected chi connectivity index (χ1v) is 9.33. The quantitative estimate of drug-likeness (QED) is 0.630. The smallest absolute Gasteiger partial charge is 0.333 e. The van der Waals surface area contributed by atoms with Crippen LogP contribution in [0.3, 0.4) is 0 Å². The van der Waals surface area contributed by atoms with E-state index >= 15 is 0 Å². The van der Waals surface area contributed by atoms with E-state index < -0.39 is 0 Å². The lowest BCUT2D eigenvalue weighted by atomic mass is 9.86. The number of aromatic hydroxyl groups is 1. The molecule has 1 heterocycles. The number of hydrogen-bond donors (Lipinski definition) is 1. The number of carbonyl (C=O) groups excluding carboxylic acids is 1. The van der Waals surface area contributed by atoms with Crippen molar-refractivity contribution < 1.29 is 14.6 Å². The van der Waals surface area contributed by atoms with Gasteiger partial charge in [-0.05, 0) is 63.1 Å². The van der Waals surface area contributed by atoms with Crippen LogP contribution in [-0.2, 0) is 9.53 Å². The van der Waals surface area contributed by atoms with Gasteiger partial charge in [0.2, 0.25) is 0 Å². The molecule has 0 amide bonds. The standard InChI is InChI=1S/C21H26N2O3/c1-3-26-21(25)15(2)13-17-14-20(16-7-5-4-6-8-16)23(22-17)18-9-11-19(24)12-10-18/h9-14,16,24H,3-8H2,1-2H3/b15-13+. The van der Waals surface area contributed by atoms with Crippen molar-refractivity contribution in [1.82, 2.24) is 9.78 Å². The number of hydrogen-bond acceptors (Lipinski definition) is 4. The summed E-state index contributed by atoms with van der Waals surface area (Å²) in [7, 11) is 0. The lowest BCUT2D eigenvalue weighted by Gasteiger charge is -2.22. The fraction of sp³-hybridized carbons (Fsp3) is 0.429. The second-order valence-electron chi connectivity index (χ2n) is 6.81. The zero-order valence-corrected chi connectivity index (χ0v) is 15.4. The van der Waals surface area contributed by atoms with E-state index in [0.29, 0.717) is 18.1 Å². The van der Waals surface area contributed by atoms with Crippen LogP contribution in [0.25, 0.3) is 11.8 Å². The first-order chi connectivity index (χ1) is 12.6. The van der Waals surface area contributed by atoms with Crippen molar-refractivity contribution in [1.29, 1.82) is 0 Å². The van der Waals surface area contributed by atoms with E-state index in [-0.39, 0.29) is 11.7 Å². The summed E-state index contributed by atoms with van der Waals surface area (Å²) in [4.78, 5) is 11.9. The predicted molar refractivity (Wildman–Crippen MR) is 101 cm³/mol. The van der Waals surface area contributed by atoms with Gasteiger partial charge in [0.25, 0.3) is 0 Å². The van der Waals surface area contributed by atoms with E-state index in [1.807, 2.05) is 16.8 Å². The summed E-state index contributed by atoms with van der Waals surface area (Å²) >= 11 is 0. The Labute approximate surface area is 154 Å². The van der Waals surface area contributed by atoms with Crippen molar-refractivity contribution in [3.8, 4) is 11.4 Å². The summed E-state index contributed by atoms with van der Waals surface area (Å²) in [6.45, 7) is 3.91. The van der Waals surface area contributed by atoms with Gasteiger partial charge >= 0.3 is 5.97 Å². The number of benzene rings is 1. The minimum atomic E-state index is -0.314. The fourth-order valence-electron chi connectivity index (χ4n) is 3.50. The molecule has 1 fully saturated rings. The molecule has 138 valence electrons. The average Bonchev–Trinajstić information content (AvgIpc) is 3.07. The zero-order chi connectivity index (χ0) is 18.5. The molecule has 0 atom stereocenters. The maximum absolute atomic E-state index is 11.9. The highest BCUT2D eigenvalue weighted by Gasteiger charge is 2.21. The topological polar surface area (TPSA) is 64.3 Å². The zero-order valence-electron chi connectivity index (χ0n) is 15.4. The molecule has 0 unspecified atom stereocenters. The van der Waals surface area contributed by atoms with Crippen LogP contribution in [0, 0.1) is 0 Å². The second-order valence-corrected chi connectivity index (χ2v) is 6.81. The van der Waals surface area contributed by atoms with Gasteiger partial charge in [0.1, 0.15) is 5.75 Å². The molecule has 0 aliphatic heterocycles. The maximum Gasteiger partial charge on any atom is 0.333 e. The summed E-state index contributed by atoms with van der Waals surface area (Å²) in [6, 6.07) is 9.13. The molecule has 1 aliphatic rings. The minimum Gasteiger partial charge on any atom is -0.508 e. The van der Waals surface area contributed by atoms with Crippen LogP contribution in [-0.4, -0.2) is 27.5 Å². The van der Waals surface area contributed by atoms with E-state index in [0.717, 1.165) is 24.2 Å². The number of ether oxygens (including phenoxy) is 1. The van der Waals surface area contributed by atoms with Gasteiger partial charge in [0, 0.05) is 17.2 Å². The normalized spacial score (nSPS) is 15.8. The molecule has 1 aromatic carbocycles. The van der Waals surface area contributed by atoms with E-state index in [2.05, 4.69) is 6.07 Å². The van der Waals surface area contributed by atoms with Crippen LogP contribution in [0.5, 0.6) is 5.75 Å². The molecule has 1 saturated carbocycles. The summed E-state index contributed by atoms with van der Waals surface area (Å²) in [6.07, 6.45) is 7.85. The SMILES string of the molecule is CCOC(=O)/C(C)=C/c1cc(C2CCCCC2)n(-c2ccc(O)cc2)n1. The molecule has 5 heteroatoms. The number of rotatable bonds is 5. The molecule has 1 aliphatic carbocycles. The minimum absolute atomic E-state index is 0.235. The average molecular weight is 354 g/mol. The third-order valence-electron chi connectivity index (χ3n) is 4.84. The van der Waals surface area contributed by atoms with Gasteiger partial charge in [0.05, 0.1) is 18.0 Å². The maximum atomic E-state index is 11.9. The first-order valence-electron chi connectivity index (χ1n) is 9.33. The molecule has 1 N–H and O–H groups in total. The van der Waals surface area contributed by atoms with Crippen molar-refractivity contribution in [2.45, 2.75) is 51.9 Å². The van der Waals surface area contributed by atoms with Crippen LogP contribution in [0.15, 0.2) is 35.9 Å². The predicted octanol–water partition coefficient (Wildman–Crippen LogP) is 4.59. The highest BCUT2D eigenvalue weighted by molar-refractivity contribution is 5.92. The number of nitrogens with zero attached hydrogens (tertiary/aromatic N) is 2. The number of carbonyl (C=O) groups is 1. The van der Waals surface area contributed by atoms with Gasteiger partial charge in [-0.15, -0.1) is 0 Å². The Morgan fingerprint density at radius 2 is 1.96 bits per heavy atom. The Bertz CT molecular complexity index is 784. The molecular formula is C21H26N2O3. The van der Waals surface area contributed by atoms with Crippen LogP contribution in [0.4, 0.5) is 0 Å². The molecule has 2 aromatic rings. The van der Waals surface area contributed by atoms with Crippen molar-refractivity contribution in [3.63, 3.8) is 0 Å². The number of phenols is 1. The van der Waals surface area contributed by atoms with Crippen molar-refractivity contribution in [2.75, 3.05) is 6.61 Å². The third-order valence-corrected chi connectivity index (χ3v) is 4.84. The summed E-state index contributed by atoms with van der Waals surface area (Å²) in [5, 5.41) is 14.3. The molecule has 0 radical (unpaired) electrons. The second kappa shape index (κ2) is 8.21. The molecular weight excluding hydrogens is 328 g/mol. The van der Waals surface area contributed by atoms with E-state index in [9.17, 15) is 9.90 Å².